The van der Waals surface area contributed by atoms with Crippen molar-refractivity contribution in [3.63, 3.8) is 0 Å². The number of nitrogens with one attached hydrogen (secondary N) is 2. The number of aryl methyl sites for hydroxylation is 1. The molecule has 1 spiro atoms. The Bertz CT molecular complexity index is 521. The van der Waals surface area contributed by atoms with Crippen molar-refractivity contribution < 1.29 is 9.53 Å². The van der Waals surface area contributed by atoms with E-state index >= 15 is 0 Å². The summed E-state index contributed by atoms with van der Waals surface area (Å²) in [6, 6.07) is 1.85. The topological polar surface area (TPSA) is 94.2 Å². The Morgan fingerprint density at radius 2 is 2.38 bits per heavy atom. The molecule has 7 nitrogen and oxygen atoms in total. The molecule has 3 rings (SSSR count). The highest BCUT2D eigenvalue weighted by molar-refractivity contribution is 5.76. The number of carbonyl (C=O) groups excluding carboxylic acids is 1. The van der Waals surface area contributed by atoms with Crippen molar-refractivity contribution in [2.45, 2.75) is 44.4 Å². The summed E-state index contributed by atoms with van der Waals surface area (Å²) >= 11 is 0. The fourth-order valence-corrected chi connectivity index (χ4v) is 3.27. The molecule has 3 heterocycles. The Balaban J connectivity index is 1.53. The third-order valence-corrected chi connectivity index (χ3v) is 4.32. The first-order valence-electron chi connectivity index (χ1n) is 7.50. The molecule has 2 saturated heterocycles. The molecule has 4 N–H and O–H groups in total. The van der Waals surface area contributed by atoms with Crippen LogP contribution in [-0.2, 0) is 16.1 Å². The van der Waals surface area contributed by atoms with Gasteiger partial charge < -0.3 is 21.1 Å². The number of ether oxygens (including phenoxy) is 1. The summed E-state index contributed by atoms with van der Waals surface area (Å²) in [7, 11) is 0. The van der Waals surface area contributed by atoms with Gasteiger partial charge in [0.05, 0.1) is 23.9 Å². The fourth-order valence-electron chi connectivity index (χ4n) is 3.27. The van der Waals surface area contributed by atoms with E-state index < -0.39 is 0 Å². The van der Waals surface area contributed by atoms with Crippen LogP contribution in [0.4, 0.5) is 5.82 Å². The maximum absolute atomic E-state index is 12.1. The Morgan fingerprint density at radius 1 is 1.62 bits per heavy atom. The Morgan fingerprint density at radius 3 is 3.05 bits per heavy atom. The summed E-state index contributed by atoms with van der Waals surface area (Å²) in [4.78, 5) is 12.1. The molecule has 0 saturated carbocycles. The van der Waals surface area contributed by atoms with Crippen molar-refractivity contribution >= 4 is 11.7 Å². The number of nitrogens with zero attached hydrogens (tertiary/aromatic N) is 2. The molecule has 1 amide bonds. The molecule has 0 aromatic carbocycles. The quantitative estimate of drug-likeness (QED) is 0.717. The number of nitrogens with two attached hydrogens (primary N) is 1. The number of anilines is 1. The molecule has 1 aromatic rings. The van der Waals surface area contributed by atoms with Crippen molar-refractivity contribution in [2.75, 3.05) is 25.4 Å². The zero-order valence-corrected chi connectivity index (χ0v) is 12.4. The summed E-state index contributed by atoms with van der Waals surface area (Å²) in [6.07, 6.45) is 2.93. The average molecular weight is 293 g/mol. The van der Waals surface area contributed by atoms with Gasteiger partial charge in [0.2, 0.25) is 5.91 Å². The summed E-state index contributed by atoms with van der Waals surface area (Å²) < 4.78 is 7.50. The lowest BCUT2D eigenvalue weighted by molar-refractivity contribution is -0.122. The molecular weight excluding hydrogens is 270 g/mol. The normalized spacial score (nSPS) is 24.3. The molecule has 1 atom stereocenters. The Labute approximate surface area is 124 Å². The number of hydrogen-bond donors (Lipinski definition) is 3. The second-order valence-electron chi connectivity index (χ2n) is 6.08. The number of aromatic nitrogens is 2. The summed E-state index contributed by atoms with van der Waals surface area (Å²) in [6.45, 7) is 4.59. The second-order valence-corrected chi connectivity index (χ2v) is 6.08. The maximum Gasteiger partial charge on any atom is 0.242 e. The number of carbonyl (C=O) groups is 1. The highest BCUT2D eigenvalue weighted by Crippen LogP contribution is 2.33. The molecule has 21 heavy (non-hydrogen) atoms. The van der Waals surface area contributed by atoms with E-state index in [1.807, 2.05) is 6.92 Å². The number of rotatable bonds is 3. The van der Waals surface area contributed by atoms with Gasteiger partial charge in [0, 0.05) is 6.07 Å². The third kappa shape index (κ3) is 3.19. The highest BCUT2D eigenvalue weighted by Gasteiger charge is 2.41. The average Bonchev–Trinajstić information content (AvgIpc) is 2.95. The fraction of sp³-hybridized carbons (Fsp3) is 0.714. The molecule has 0 bridgehead atoms. The SMILES string of the molecule is Cc1cc(N)n(CC(=O)N[C@@H]2COC3(CCNCC3)C2)n1. The van der Waals surface area contributed by atoms with Crippen LogP contribution in [0, 0.1) is 6.92 Å². The molecule has 1 aromatic heterocycles. The lowest BCUT2D eigenvalue weighted by atomic mass is 9.88. The van der Waals surface area contributed by atoms with Crippen LogP contribution >= 0.6 is 0 Å². The van der Waals surface area contributed by atoms with Crippen molar-refractivity contribution in [1.29, 1.82) is 0 Å². The van der Waals surface area contributed by atoms with Gasteiger partial charge in [-0.3, -0.25) is 4.79 Å². The number of nitrogen functional groups attached to an aromatic ring is 1. The van der Waals surface area contributed by atoms with Crippen LogP contribution in [-0.4, -0.2) is 47.0 Å². The van der Waals surface area contributed by atoms with E-state index in [0.717, 1.165) is 38.0 Å². The van der Waals surface area contributed by atoms with Crippen LogP contribution in [0.25, 0.3) is 0 Å². The van der Waals surface area contributed by atoms with Gasteiger partial charge in [-0.2, -0.15) is 5.10 Å². The van der Waals surface area contributed by atoms with Gasteiger partial charge in [0.25, 0.3) is 0 Å². The third-order valence-electron chi connectivity index (χ3n) is 4.32. The lowest BCUT2D eigenvalue weighted by Crippen LogP contribution is -2.43. The first kappa shape index (κ1) is 14.3. The monoisotopic (exact) mass is 293 g/mol. The lowest BCUT2D eigenvalue weighted by Gasteiger charge is -2.32. The first-order valence-corrected chi connectivity index (χ1v) is 7.50. The molecular formula is C14H23N5O2. The molecule has 2 fully saturated rings. The van der Waals surface area contributed by atoms with Crippen molar-refractivity contribution in [1.82, 2.24) is 20.4 Å². The van der Waals surface area contributed by atoms with E-state index in [-0.39, 0.29) is 24.1 Å². The predicted octanol–water partition coefficient (Wildman–Crippen LogP) is -0.199. The molecule has 0 aliphatic carbocycles. The number of amides is 1. The van der Waals surface area contributed by atoms with Gasteiger partial charge in [-0.05, 0) is 39.3 Å². The number of piperidine rings is 1. The summed E-state index contributed by atoms with van der Waals surface area (Å²) in [5, 5.41) is 10.6. The van der Waals surface area contributed by atoms with E-state index in [1.165, 1.54) is 4.68 Å². The predicted molar refractivity (Wildman–Crippen MR) is 78.7 cm³/mol. The maximum atomic E-state index is 12.1. The molecule has 2 aliphatic rings. The van der Waals surface area contributed by atoms with Crippen molar-refractivity contribution in [2.24, 2.45) is 0 Å². The van der Waals surface area contributed by atoms with Crippen LogP contribution in [0.2, 0.25) is 0 Å². The summed E-state index contributed by atoms with van der Waals surface area (Å²) in [5.74, 6) is 0.449. The van der Waals surface area contributed by atoms with E-state index in [4.69, 9.17) is 10.5 Å². The molecule has 7 heteroatoms. The van der Waals surface area contributed by atoms with Gasteiger partial charge in [0.1, 0.15) is 12.4 Å². The first-order chi connectivity index (χ1) is 10.1. The van der Waals surface area contributed by atoms with E-state index in [0.29, 0.717) is 12.4 Å². The Kier molecular flexibility index (Phi) is 3.86. The zero-order chi connectivity index (χ0) is 14.9. The van der Waals surface area contributed by atoms with Gasteiger partial charge in [-0.25, -0.2) is 4.68 Å². The van der Waals surface area contributed by atoms with Gasteiger partial charge in [-0.15, -0.1) is 0 Å². The van der Waals surface area contributed by atoms with Crippen LogP contribution in [0.15, 0.2) is 6.07 Å². The minimum atomic E-state index is -0.0654. The van der Waals surface area contributed by atoms with Gasteiger partial charge in [0.15, 0.2) is 0 Å². The second kappa shape index (κ2) is 5.65. The minimum Gasteiger partial charge on any atom is -0.384 e. The number of hydrogen-bond acceptors (Lipinski definition) is 5. The molecule has 116 valence electrons. The zero-order valence-electron chi connectivity index (χ0n) is 12.4. The van der Waals surface area contributed by atoms with Crippen LogP contribution in [0.5, 0.6) is 0 Å². The van der Waals surface area contributed by atoms with E-state index in [9.17, 15) is 4.79 Å². The Hall–Kier alpha value is -1.60. The standard InChI is InChI=1S/C14H23N5O2/c1-10-6-12(15)19(18-10)8-13(20)17-11-7-14(21-9-11)2-4-16-5-3-14/h6,11,16H,2-5,7-9,15H2,1H3,(H,17,20)/t11-/m0/s1. The van der Waals surface area contributed by atoms with E-state index in [1.54, 1.807) is 6.07 Å². The minimum absolute atomic E-state index is 0.0372. The largest absolute Gasteiger partial charge is 0.384 e. The van der Waals surface area contributed by atoms with Crippen molar-refractivity contribution in [3.05, 3.63) is 11.8 Å². The molecule has 0 radical (unpaired) electrons. The van der Waals surface area contributed by atoms with E-state index in [2.05, 4.69) is 15.7 Å². The van der Waals surface area contributed by atoms with Crippen LogP contribution in [0.3, 0.4) is 0 Å². The van der Waals surface area contributed by atoms with Gasteiger partial charge >= 0.3 is 0 Å². The van der Waals surface area contributed by atoms with Crippen LogP contribution < -0.4 is 16.4 Å². The highest BCUT2D eigenvalue weighted by atomic mass is 16.5. The van der Waals surface area contributed by atoms with Gasteiger partial charge in [-0.1, -0.05) is 0 Å². The molecule has 2 aliphatic heterocycles. The molecule has 0 unspecified atom stereocenters. The van der Waals surface area contributed by atoms with Crippen molar-refractivity contribution in [3.8, 4) is 0 Å². The smallest absolute Gasteiger partial charge is 0.242 e. The summed E-state index contributed by atoms with van der Waals surface area (Å²) in [5.41, 5.74) is 6.58. The van der Waals surface area contributed by atoms with Crippen LogP contribution in [0.1, 0.15) is 25.0 Å².